The number of para-hydroxylation sites is 1. The number of aromatic nitrogens is 1. The van der Waals surface area contributed by atoms with Gasteiger partial charge in [0.2, 0.25) is 0 Å². The van der Waals surface area contributed by atoms with E-state index in [1.807, 2.05) is 0 Å². The molecule has 2 heterocycles. The van der Waals surface area contributed by atoms with Gasteiger partial charge in [0.05, 0.1) is 5.52 Å². The van der Waals surface area contributed by atoms with Gasteiger partial charge in [0, 0.05) is 38.6 Å². The molecule has 0 radical (unpaired) electrons. The first-order valence-electron chi connectivity index (χ1n) is 8.76. The van der Waals surface area contributed by atoms with Crippen LogP contribution in [0, 0.1) is 5.41 Å². The normalized spacial score (nSPS) is 24.3. The van der Waals surface area contributed by atoms with Gasteiger partial charge in [0.25, 0.3) is 0 Å². The number of furan rings is 1. The number of fused-ring (bicyclic) bond motifs is 9. The van der Waals surface area contributed by atoms with E-state index in [4.69, 9.17) is 4.42 Å². The van der Waals surface area contributed by atoms with Crippen LogP contribution in [0.5, 0.6) is 0 Å². The molecule has 120 valence electrons. The summed E-state index contributed by atoms with van der Waals surface area (Å²) in [6.45, 7) is 2.27. The molecule has 0 amide bonds. The smallest absolute Gasteiger partial charge is 0.159 e. The van der Waals surface area contributed by atoms with E-state index in [1.165, 1.54) is 21.7 Å². The molecule has 2 heteroatoms. The zero-order valence-electron chi connectivity index (χ0n) is 13.9. The van der Waals surface area contributed by atoms with E-state index in [0.717, 1.165) is 22.4 Å². The molecule has 0 spiro atoms. The van der Waals surface area contributed by atoms with E-state index in [9.17, 15) is 0 Å². The molecule has 2 nitrogen and oxygen atoms in total. The van der Waals surface area contributed by atoms with Gasteiger partial charge < -0.3 is 9.40 Å². The largest absolute Gasteiger partial charge is 0.458 e. The molecule has 2 aromatic heterocycles. The van der Waals surface area contributed by atoms with Crippen LogP contribution in [0.15, 0.2) is 71.2 Å². The molecule has 4 aromatic rings. The number of allylic oxidation sites excluding steroid dienone is 5. The molecule has 2 aliphatic rings. The highest BCUT2D eigenvalue weighted by Gasteiger charge is 2.37. The highest BCUT2D eigenvalue weighted by atomic mass is 16.3. The molecule has 0 bridgehead atoms. The Hall–Kier alpha value is -3.00. The first kappa shape index (κ1) is 13.3. The molecule has 0 aliphatic heterocycles. The lowest BCUT2D eigenvalue weighted by Gasteiger charge is -2.34. The minimum atomic E-state index is -0.00477. The lowest BCUT2D eigenvalue weighted by molar-refractivity contribution is 0.405. The van der Waals surface area contributed by atoms with Crippen molar-refractivity contribution in [2.45, 2.75) is 12.8 Å². The fourth-order valence-electron chi connectivity index (χ4n) is 4.45. The third-order valence-corrected chi connectivity index (χ3v) is 5.83. The zero-order valence-corrected chi connectivity index (χ0v) is 13.9. The topological polar surface area (TPSA) is 28.9 Å². The molecule has 6 rings (SSSR count). The van der Waals surface area contributed by atoms with Gasteiger partial charge in [-0.3, -0.25) is 0 Å². The summed E-state index contributed by atoms with van der Waals surface area (Å²) in [6.07, 6.45) is 13.3. The molecule has 1 N–H and O–H groups in total. The Labute approximate surface area is 145 Å². The van der Waals surface area contributed by atoms with Crippen LogP contribution in [-0.4, -0.2) is 4.98 Å². The van der Waals surface area contributed by atoms with Crippen molar-refractivity contribution in [2.75, 3.05) is 0 Å². The summed E-state index contributed by atoms with van der Waals surface area (Å²) < 4.78 is 6.50. The Morgan fingerprint density at radius 3 is 2.80 bits per heavy atom. The summed E-state index contributed by atoms with van der Waals surface area (Å²) in [6, 6.07) is 12.8. The van der Waals surface area contributed by atoms with Gasteiger partial charge >= 0.3 is 0 Å². The minimum absolute atomic E-state index is 0.00477. The van der Waals surface area contributed by atoms with Crippen LogP contribution >= 0.6 is 0 Å². The fourth-order valence-corrected chi connectivity index (χ4v) is 4.45. The SMILES string of the molecule is CC12C=CC=CC1c1oc3c(ccc4c5ccccc5[nH]c43)c1C=C2. The molecule has 2 unspecified atom stereocenters. The van der Waals surface area contributed by atoms with Crippen LogP contribution in [0.3, 0.4) is 0 Å². The fraction of sp³-hybridized carbons (Fsp3) is 0.130. The predicted molar refractivity (Wildman–Crippen MR) is 104 cm³/mol. The molecular formula is C23H17NO. The third-order valence-electron chi connectivity index (χ3n) is 5.83. The molecule has 2 aliphatic carbocycles. The number of hydrogen-bond donors (Lipinski definition) is 1. The van der Waals surface area contributed by atoms with Gasteiger partial charge in [-0.25, -0.2) is 0 Å². The Morgan fingerprint density at radius 2 is 1.84 bits per heavy atom. The van der Waals surface area contributed by atoms with E-state index >= 15 is 0 Å². The van der Waals surface area contributed by atoms with Crippen LogP contribution in [0.1, 0.15) is 24.2 Å². The van der Waals surface area contributed by atoms with Crippen LogP contribution in [0.2, 0.25) is 0 Å². The summed E-state index contributed by atoms with van der Waals surface area (Å²) in [5.41, 5.74) is 4.43. The minimum Gasteiger partial charge on any atom is -0.458 e. The standard InChI is InChI=1S/C23H17NO/c1-23-12-5-4-7-18(23)21-17(11-13-23)16-10-9-15-14-6-2-3-8-19(14)24-20(15)22(16)25-21/h2-13,18,24H,1H3. The van der Waals surface area contributed by atoms with Crippen molar-refractivity contribution in [1.82, 2.24) is 4.98 Å². The van der Waals surface area contributed by atoms with E-state index in [-0.39, 0.29) is 11.3 Å². The molecule has 2 aromatic carbocycles. The maximum atomic E-state index is 6.50. The molecule has 0 saturated carbocycles. The zero-order chi connectivity index (χ0) is 16.6. The van der Waals surface area contributed by atoms with E-state index in [2.05, 4.69) is 84.8 Å². The second-order valence-electron chi connectivity index (χ2n) is 7.34. The molecule has 2 atom stereocenters. The van der Waals surface area contributed by atoms with Crippen molar-refractivity contribution >= 4 is 38.9 Å². The van der Waals surface area contributed by atoms with Gasteiger partial charge in [-0.05, 0) is 12.1 Å². The highest BCUT2D eigenvalue weighted by Crippen LogP contribution is 2.50. The molecule has 0 fully saturated rings. The van der Waals surface area contributed by atoms with E-state index in [1.54, 1.807) is 0 Å². The maximum Gasteiger partial charge on any atom is 0.159 e. The van der Waals surface area contributed by atoms with Gasteiger partial charge in [-0.1, -0.05) is 67.6 Å². The summed E-state index contributed by atoms with van der Waals surface area (Å²) in [4.78, 5) is 3.56. The lowest BCUT2D eigenvalue weighted by Crippen LogP contribution is -2.23. The van der Waals surface area contributed by atoms with Gasteiger partial charge in [0.1, 0.15) is 5.76 Å². The number of nitrogens with one attached hydrogen (secondary N) is 1. The first-order valence-corrected chi connectivity index (χ1v) is 8.76. The summed E-state index contributed by atoms with van der Waals surface area (Å²) in [5.74, 6) is 1.33. The Bertz CT molecular complexity index is 1260. The van der Waals surface area contributed by atoms with Crippen molar-refractivity contribution in [3.05, 3.63) is 78.1 Å². The first-order chi connectivity index (χ1) is 12.2. The van der Waals surface area contributed by atoms with E-state index < -0.39 is 0 Å². The van der Waals surface area contributed by atoms with Gasteiger partial charge in [-0.15, -0.1) is 0 Å². The van der Waals surface area contributed by atoms with Crippen LogP contribution in [0.4, 0.5) is 0 Å². The Morgan fingerprint density at radius 1 is 0.960 bits per heavy atom. The molecule has 25 heavy (non-hydrogen) atoms. The summed E-state index contributed by atoms with van der Waals surface area (Å²) in [5, 5.41) is 3.66. The van der Waals surface area contributed by atoms with Crippen LogP contribution in [0.25, 0.3) is 38.9 Å². The second kappa shape index (κ2) is 4.34. The van der Waals surface area contributed by atoms with Gasteiger partial charge in [-0.2, -0.15) is 0 Å². The number of H-pyrrole nitrogens is 1. The number of aromatic amines is 1. The van der Waals surface area contributed by atoms with Crippen molar-refractivity contribution in [1.29, 1.82) is 0 Å². The van der Waals surface area contributed by atoms with Crippen molar-refractivity contribution < 1.29 is 4.42 Å². The summed E-state index contributed by atoms with van der Waals surface area (Å²) in [7, 11) is 0. The van der Waals surface area contributed by atoms with Gasteiger partial charge in [0.15, 0.2) is 5.58 Å². The number of benzene rings is 2. The number of rotatable bonds is 0. The second-order valence-corrected chi connectivity index (χ2v) is 7.34. The monoisotopic (exact) mass is 323 g/mol. The van der Waals surface area contributed by atoms with Crippen molar-refractivity contribution in [3.8, 4) is 0 Å². The molecule has 0 saturated heterocycles. The van der Waals surface area contributed by atoms with Crippen LogP contribution < -0.4 is 0 Å². The Balaban J connectivity index is 1.72. The van der Waals surface area contributed by atoms with E-state index in [0.29, 0.717) is 0 Å². The summed E-state index contributed by atoms with van der Waals surface area (Å²) >= 11 is 0. The average molecular weight is 323 g/mol. The quantitative estimate of drug-likeness (QED) is 0.403. The molecular weight excluding hydrogens is 306 g/mol. The predicted octanol–water partition coefficient (Wildman–Crippen LogP) is 6.31. The van der Waals surface area contributed by atoms with Crippen LogP contribution in [-0.2, 0) is 0 Å². The third kappa shape index (κ3) is 1.59. The highest BCUT2D eigenvalue weighted by molar-refractivity contribution is 6.16. The maximum absolute atomic E-state index is 6.50. The Kier molecular flexibility index (Phi) is 2.31. The average Bonchev–Trinajstić information content (AvgIpc) is 3.19. The number of hydrogen-bond acceptors (Lipinski definition) is 1. The van der Waals surface area contributed by atoms with Crippen molar-refractivity contribution in [3.63, 3.8) is 0 Å². The lowest BCUT2D eigenvalue weighted by atomic mass is 9.69. The van der Waals surface area contributed by atoms with Crippen molar-refractivity contribution in [2.24, 2.45) is 5.41 Å².